The molecule has 0 fully saturated rings. The second-order valence-corrected chi connectivity index (χ2v) is 6.46. The van der Waals surface area contributed by atoms with Crippen LogP contribution in [-0.2, 0) is 17.1 Å². The quantitative estimate of drug-likeness (QED) is 0.813. The lowest BCUT2D eigenvalue weighted by atomic mass is 10.1. The summed E-state index contributed by atoms with van der Waals surface area (Å²) in [5.74, 6) is 0. The van der Waals surface area contributed by atoms with Crippen molar-refractivity contribution < 1.29 is 13.5 Å². The Morgan fingerprint density at radius 2 is 2.05 bits per heavy atom. The van der Waals surface area contributed by atoms with Crippen LogP contribution in [0.4, 0.5) is 0 Å². The molecular weight excluding hydrogens is 348 g/mol. The fourth-order valence-electron chi connectivity index (χ4n) is 1.75. The first kappa shape index (κ1) is 15.1. The molecule has 0 bridgehead atoms. The summed E-state index contributed by atoms with van der Waals surface area (Å²) in [5.41, 5.74) is 0.671. The Kier molecular flexibility index (Phi) is 4.53. The third-order valence-electron chi connectivity index (χ3n) is 2.67. The number of aliphatic hydroxyl groups is 1. The highest BCUT2D eigenvalue weighted by atomic mass is 79.9. The molecule has 9 heteroatoms. The molecule has 0 saturated heterocycles. The number of halogens is 1. The Morgan fingerprint density at radius 3 is 2.55 bits per heavy atom. The first-order valence-corrected chi connectivity index (χ1v) is 7.96. The number of aryl methyl sites for hydroxylation is 1. The zero-order valence-corrected chi connectivity index (χ0v) is 13.0. The van der Waals surface area contributed by atoms with Crippen molar-refractivity contribution in [2.24, 2.45) is 7.05 Å². The number of aliphatic hydroxyl groups excluding tert-OH is 1. The molecule has 1 atom stereocenters. The van der Waals surface area contributed by atoms with Gasteiger partial charge in [-0.2, -0.15) is 4.72 Å². The summed E-state index contributed by atoms with van der Waals surface area (Å²) in [6, 6.07) is 8.10. The van der Waals surface area contributed by atoms with Crippen molar-refractivity contribution in [2.75, 3.05) is 6.61 Å². The molecule has 0 aliphatic carbocycles. The second-order valence-electron chi connectivity index (χ2n) is 4.08. The molecule has 0 spiro atoms. The predicted octanol–water partition coefficient (Wildman–Crippen LogP) is 0.589. The molecule has 0 aliphatic heterocycles. The first-order valence-electron chi connectivity index (χ1n) is 5.69. The number of nitrogens with one attached hydrogen (secondary N) is 1. The maximum atomic E-state index is 12.3. The monoisotopic (exact) mass is 360 g/mol. The minimum atomic E-state index is -3.86. The molecule has 2 aromatic rings. The van der Waals surface area contributed by atoms with E-state index in [0.29, 0.717) is 5.56 Å². The molecule has 0 radical (unpaired) electrons. The topological polar surface area (TPSA) is 97.1 Å². The van der Waals surface area contributed by atoms with E-state index >= 15 is 0 Å². The fraction of sp³-hybridized carbons (Fsp3) is 0.273. The molecule has 0 unspecified atom stereocenters. The van der Waals surface area contributed by atoms with Crippen LogP contribution in [-0.4, -0.2) is 35.1 Å². The number of hydrogen-bond acceptors (Lipinski definition) is 5. The average molecular weight is 361 g/mol. The predicted molar refractivity (Wildman–Crippen MR) is 75.3 cm³/mol. The summed E-state index contributed by atoms with van der Waals surface area (Å²) in [4.78, 5) is 0. The molecule has 0 aliphatic rings. The number of aromatic nitrogens is 3. The lowest BCUT2D eigenvalue weighted by Crippen LogP contribution is -2.32. The van der Waals surface area contributed by atoms with Gasteiger partial charge in [0.25, 0.3) is 10.0 Å². The highest BCUT2D eigenvalue weighted by Crippen LogP contribution is 2.21. The van der Waals surface area contributed by atoms with Crippen LogP contribution in [0.25, 0.3) is 0 Å². The number of rotatable bonds is 5. The van der Waals surface area contributed by atoms with Crippen molar-refractivity contribution in [1.29, 1.82) is 0 Å². The van der Waals surface area contributed by atoms with E-state index in [2.05, 4.69) is 31.0 Å². The molecule has 1 aromatic heterocycles. The maximum absolute atomic E-state index is 12.3. The van der Waals surface area contributed by atoms with E-state index in [-0.39, 0.29) is 16.2 Å². The van der Waals surface area contributed by atoms with Crippen molar-refractivity contribution in [2.45, 2.75) is 11.1 Å². The number of hydrogen-bond donors (Lipinski definition) is 2. The van der Waals surface area contributed by atoms with E-state index in [1.165, 1.54) is 7.05 Å². The molecule has 7 nitrogen and oxygen atoms in total. The Hall–Kier alpha value is -1.29. The standard InChI is InChI=1S/C11H13BrN4O3S/c1-16-11(10(12)13-15-16)20(18,19)14-9(7-17)8-5-3-2-4-6-8/h2-6,9,14,17H,7H2,1H3/t9-/m0/s1. The highest BCUT2D eigenvalue weighted by molar-refractivity contribution is 9.10. The Balaban J connectivity index is 2.32. The lowest BCUT2D eigenvalue weighted by molar-refractivity contribution is 0.258. The van der Waals surface area contributed by atoms with E-state index in [0.717, 1.165) is 4.68 Å². The molecule has 108 valence electrons. The largest absolute Gasteiger partial charge is 0.394 e. The third-order valence-corrected chi connectivity index (χ3v) is 5.03. The van der Waals surface area contributed by atoms with Crippen molar-refractivity contribution >= 4 is 26.0 Å². The lowest BCUT2D eigenvalue weighted by Gasteiger charge is -2.16. The third kappa shape index (κ3) is 3.06. The summed E-state index contributed by atoms with van der Waals surface area (Å²) in [7, 11) is -2.38. The van der Waals surface area contributed by atoms with Gasteiger partial charge in [0.2, 0.25) is 5.03 Å². The van der Waals surface area contributed by atoms with Crippen LogP contribution in [0.15, 0.2) is 40.0 Å². The van der Waals surface area contributed by atoms with Gasteiger partial charge in [-0.15, -0.1) is 5.10 Å². The van der Waals surface area contributed by atoms with Gasteiger partial charge in [0.15, 0.2) is 4.60 Å². The van der Waals surface area contributed by atoms with Crippen LogP contribution in [0, 0.1) is 0 Å². The zero-order valence-electron chi connectivity index (χ0n) is 10.6. The molecule has 1 heterocycles. The van der Waals surface area contributed by atoms with Crippen LogP contribution < -0.4 is 4.72 Å². The summed E-state index contributed by atoms with van der Waals surface area (Å²) in [6.07, 6.45) is 0. The van der Waals surface area contributed by atoms with Gasteiger partial charge < -0.3 is 5.11 Å². The van der Waals surface area contributed by atoms with E-state index in [9.17, 15) is 13.5 Å². The minimum absolute atomic E-state index is 0.0909. The molecule has 1 aromatic carbocycles. The Labute approximate surface area is 124 Å². The number of sulfonamides is 1. The summed E-state index contributed by atoms with van der Waals surface area (Å²) < 4.78 is 28.4. The van der Waals surface area contributed by atoms with Gasteiger partial charge in [-0.05, 0) is 21.5 Å². The van der Waals surface area contributed by atoms with Gasteiger partial charge in [-0.3, -0.25) is 0 Å². The molecule has 2 rings (SSSR count). The van der Waals surface area contributed by atoms with Crippen molar-refractivity contribution in [3.05, 3.63) is 40.5 Å². The summed E-state index contributed by atoms with van der Waals surface area (Å²) >= 11 is 3.04. The van der Waals surface area contributed by atoms with Crippen LogP contribution in [0.2, 0.25) is 0 Å². The SMILES string of the molecule is Cn1nnc(Br)c1S(=O)(=O)N[C@@H](CO)c1ccccc1. The molecule has 20 heavy (non-hydrogen) atoms. The van der Waals surface area contributed by atoms with Crippen molar-refractivity contribution in [3.63, 3.8) is 0 Å². The minimum Gasteiger partial charge on any atom is -0.394 e. The van der Waals surface area contributed by atoms with Gasteiger partial charge in [0, 0.05) is 7.05 Å². The van der Waals surface area contributed by atoms with E-state index in [1.807, 2.05) is 6.07 Å². The molecular formula is C11H13BrN4O3S. The maximum Gasteiger partial charge on any atom is 0.261 e. The summed E-state index contributed by atoms with van der Waals surface area (Å²) in [5, 5.41) is 16.6. The fourth-order valence-corrected chi connectivity index (χ4v) is 4.06. The summed E-state index contributed by atoms with van der Waals surface area (Å²) in [6.45, 7) is -0.355. The smallest absolute Gasteiger partial charge is 0.261 e. The highest BCUT2D eigenvalue weighted by Gasteiger charge is 2.27. The normalized spacial score (nSPS) is 13.3. The van der Waals surface area contributed by atoms with Crippen LogP contribution >= 0.6 is 15.9 Å². The Morgan fingerprint density at radius 1 is 1.40 bits per heavy atom. The van der Waals surface area contributed by atoms with Crippen LogP contribution in [0.5, 0.6) is 0 Å². The Bertz CT molecular complexity index is 667. The van der Waals surface area contributed by atoms with Crippen molar-refractivity contribution in [3.8, 4) is 0 Å². The molecule has 2 N–H and O–H groups in total. The van der Waals surface area contributed by atoms with E-state index in [1.54, 1.807) is 24.3 Å². The van der Waals surface area contributed by atoms with Gasteiger partial charge in [-0.1, -0.05) is 35.5 Å². The molecule has 0 amide bonds. The van der Waals surface area contributed by atoms with Crippen LogP contribution in [0.3, 0.4) is 0 Å². The number of benzene rings is 1. The average Bonchev–Trinajstić information content (AvgIpc) is 2.77. The number of nitrogens with zero attached hydrogens (tertiary/aromatic N) is 3. The zero-order chi connectivity index (χ0) is 14.8. The van der Waals surface area contributed by atoms with E-state index in [4.69, 9.17) is 0 Å². The van der Waals surface area contributed by atoms with Crippen molar-refractivity contribution in [1.82, 2.24) is 19.7 Å². The van der Waals surface area contributed by atoms with Gasteiger partial charge >= 0.3 is 0 Å². The van der Waals surface area contributed by atoms with Gasteiger partial charge in [0.05, 0.1) is 12.6 Å². The second kappa shape index (κ2) is 6.00. The van der Waals surface area contributed by atoms with E-state index < -0.39 is 16.1 Å². The first-order chi connectivity index (χ1) is 9.45. The van der Waals surface area contributed by atoms with Gasteiger partial charge in [0.1, 0.15) is 0 Å². The van der Waals surface area contributed by atoms with Crippen LogP contribution in [0.1, 0.15) is 11.6 Å². The molecule has 0 saturated carbocycles. The van der Waals surface area contributed by atoms with Gasteiger partial charge in [-0.25, -0.2) is 13.1 Å².